The van der Waals surface area contributed by atoms with Gasteiger partial charge in [-0.3, -0.25) is 0 Å². The van der Waals surface area contributed by atoms with Gasteiger partial charge in [-0.05, 0) is 28.8 Å². The standard InChI is InChI=1S/C13H19N3OS/c1-17-6-4-14-8-13-9-15-11-16(13)5-2-12-3-7-18-10-12/h3,7,9-11,14H,2,4-6,8H2,1H3. The Kier molecular flexibility index (Phi) is 5.38. The summed E-state index contributed by atoms with van der Waals surface area (Å²) in [6, 6.07) is 2.18. The van der Waals surface area contributed by atoms with Crippen LogP contribution in [0.15, 0.2) is 29.4 Å². The molecule has 0 unspecified atom stereocenters. The third kappa shape index (κ3) is 3.94. The predicted molar refractivity (Wildman–Crippen MR) is 73.8 cm³/mol. The highest BCUT2D eigenvalue weighted by molar-refractivity contribution is 7.07. The number of aryl methyl sites for hydroxylation is 2. The minimum atomic E-state index is 0.739. The Balaban J connectivity index is 1.79. The minimum absolute atomic E-state index is 0.739. The number of thiophene rings is 1. The molecule has 0 saturated heterocycles. The molecule has 1 N–H and O–H groups in total. The topological polar surface area (TPSA) is 39.1 Å². The van der Waals surface area contributed by atoms with Gasteiger partial charge in [0.25, 0.3) is 0 Å². The van der Waals surface area contributed by atoms with Crippen LogP contribution in [-0.4, -0.2) is 29.8 Å². The summed E-state index contributed by atoms with van der Waals surface area (Å²) < 4.78 is 7.21. The van der Waals surface area contributed by atoms with Crippen LogP contribution in [0.5, 0.6) is 0 Å². The van der Waals surface area contributed by atoms with E-state index >= 15 is 0 Å². The van der Waals surface area contributed by atoms with Crippen LogP contribution in [0, 0.1) is 0 Å². The van der Waals surface area contributed by atoms with Crippen molar-refractivity contribution in [1.82, 2.24) is 14.9 Å². The summed E-state index contributed by atoms with van der Waals surface area (Å²) in [6.07, 6.45) is 4.89. The van der Waals surface area contributed by atoms with Crippen LogP contribution in [0.4, 0.5) is 0 Å². The summed E-state index contributed by atoms with van der Waals surface area (Å²) in [5.74, 6) is 0. The fraction of sp³-hybridized carbons (Fsp3) is 0.462. The summed E-state index contributed by atoms with van der Waals surface area (Å²) in [4.78, 5) is 4.22. The predicted octanol–water partition coefficient (Wildman–Crippen LogP) is 1.92. The molecule has 0 radical (unpaired) electrons. The highest BCUT2D eigenvalue weighted by atomic mass is 32.1. The first kappa shape index (κ1) is 13.3. The van der Waals surface area contributed by atoms with E-state index in [1.54, 1.807) is 18.4 Å². The van der Waals surface area contributed by atoms with Crippen LogP contribution in [0.3, 0.4) is 0 Å². The first-order chi connectivity index (χ1) is 8.90. The molecule has 0 aliphatic heterocycles. The van der Waals surface area contributed by atoms with Crippen LogP contribution in [0.2, 0.25) is 0 Å². The van der Waals surface area contributed by atoms with E-state index in [0.29, 0.717) is 0 Å². The zero-order valence-electron chi connectivity index (χ0n) is 10.6. The van der Waals surface area contributed by atoms with Crippen molar-refractivity contribution in [3.8, 4) is 0 Å². The first-order valence-electron chi connectivity index (χ1n) is 6.10. The molecular weight excluding hydrogens is 246 g/mol. The molecule has 0 saturated carbocycles. The molecule has 0 aromatic carbocycles. The second kappa shape index (κ2) is 7.31. The zero-order chi connectivity index (χ0) is 12.6. The Bertz CT molecular complexity index is 439. The second-order valence-electron chi connectivity index (χ2n) is 4.13. The number of hydrogen-bond acceptors (Lipinski definition) is 4. The van der Waals surface area contributed by atoms with Gasteiger partial charge in [0.1, 0.15) is 0 Å². The van der Waals surface area contributed by atoms with Gasteiger partial charge in [-0.15, -0.1) is 0 Å². The maximum absolute atomic E-state index is 5.00. The van der Waals surface area contributed by atoms with E-state index in [-0.39, 0.29) is 0 Å². The maximum atomic E-state index is 5.00. The van der Waals surface area contributed by atoms with E-state index in [4.69, 9.17) is 4.74 Å². The Hall–Kier alpha value is -1.17. The number of nitrogens with one attached hydrogen (secondary N) is 1. The van der Waals surface area contributed by atoms with Gasteiger partial charge >= 0.3 is 0 Å². The quantitative estimate of drug-likeness (QED) is 0.741. The van der Waals surface area contributed by atoms with Crippen molar-refractivity contribution in [1.29, 1.82) is 0 Å². The molecule has 2 aromatic rings. The summed E-state index contributed by atoms with van der Waals surface area (Å²) in [5, 5.41) is 7.66. The number of rotatable bonds is 8. The molecule has 0 atom stereocenters. The summed E-state index contributed by atoms with van der Waals surface area (Å²) >= 11 is 1.75. The van der Waals surface area contributed by atoms with Gasteiger partial charge < -0.3 is 14.6 Å². The molecule has 0 bridgehead atoms. The highest BCUT2D eigenvalue weighted by Crippen LogP contribution is 2.08. The number of imidazole rings is 1. The van der Waals surface area contributed by atoms with Crippen LogP contribution in [0.25, 0.3) is 0 Å². The average Bonchev–Trinajstić information content (AvgIpc) is 3.03. The molecule has 4 nitrogen and oxygen atoms in total. The number of aromatic nitrogens is 2. The fourth-order valence-corrected chi connectivity index (χ4v) is 2.47. The molecule has 2 aromatic heterocycles. The number of hydrogen-bond donors (Lipinski definition) is 1. The molecule has 98 valence electrons. The number of ether oxygens (including phenoxy) is 1. The molecule has 2 heterocycles. The molecule has 5 heteroatoms. The van der Waals surface area contributed by atoms with Gasteiger partial charge in [0.2, 0.25) is 0 Å². The molecule has 0 spiro atoms. The maximum Gasteiger partial charge on any atom is 0.0948 e. The second-order valence-corrected chi connectivity index (χ2v) is 4.91. The Morgan fingerprint density at radius 2 is 2.44 bits per heavy atom. The van der Waals surface area contributed by atoms with Gasteiger partial charge in [-0.25, -0.2) is 4.98 Å². The van der Waals surface area contributed by atoms with Gasteiger partial charge in [0.15, 0.2) is 0 Å². The Morgan fingerprint density at radius 1 is 1.50 bits per heavy atom. The number of nitrogens with zero attached hydrogens (tertiary/aromatic N) is 2. The molecule has 18 heavy (non-hydrogen) atoms. The monoisotopic (exact) mass is 265 g/mol. The van der Waals surface area contributed by atoms with E-state index in [2.05, 4.69) is 31.7 Å². The van der Waals surface area contributed by atoms with Crippen molar-refractivity contribution in [2.75, 3.05) is 20.3 Å². The fourth-order valence-electron chi connectivity index (χ4n) is 1.77. The minimum Gasteiger partial charge on any atom is -0.383 e. The number of methoxy groups -OCH3 is 1. The summed E-state index contributed by atoms with van der Waals surface area (Å²) in [5.41, 5.74) is 2.62. The van der Waals surface area contributed by atoms with Crippen molar-refractivity contribution >= 4 is 11.3 Å². The van der Waals surface area contributed by atoms with Crippen molar-refractivity contribution in [3.63, 3.8) is 0 Å². The van der Waals surface area contributed by atoms with E-state index in [9.17, 15) is 0 Å². The third-order valence-corrected chi connectivity index (χ3v) is 3.54. The van der Waals surface area contributed by atoms with Gasteiger partial charge in [0.05, 0.1) is 18.6 Å². The van der Waals surface area contributed by atoms with E-state index in [0.717, 1.165) is 32.7 Å². The van der Waals surface area contributed by atoms with Crippen molar-refractivity contribution in [2.24, 2.45) is 0 Å². The molecule has 2 rings (SSSR count). The van der Waals surface area contributed by atoms with Gasteiger partial charge in [-0.2, -0.15) is 11.3 Å². The lowest BCUT2D eigenvalue weighted by molar-refractivity contribution is 0.199. The zero-order valence-corrected chi connectivity index (χ0v) is 11.4. The lowest BCUT2D eigenvalue weighted by Gasteiger charge is -2.08. The molecule has 0 aliphatic carbocycles. The summed E-state index contributed by atoms with van der Waals surface area (Å²) in [7, 11) is 1.72. The van der Waals surface area contributed by atoms with Crippen molar-refractivity contribution < 1.29 is 4.74 Å². The molecule has 0 fully saturated rings. The Morgan fingerprint density at radius 3 is 3.22 bits per heavy atom. The van der Waals surface area contributed by atoms with E-state index in [1.165, 1.54) is 11.3 Å². The Labute approximate surface area is 112 Å². The van der Waals surface area contributed by atoms with Crippen molar-refractivity contribution in [3.05, 3.63) is 40.6 Å². The molecular formula is C13H19N3OS. The van der Waals surface area contributed by atoms with Crippen molar-refractivity contribution in [2.45, 2.75) is 19.5 Å². The third-order valence-electron chi connectivity index (χ3n) is 2.81. The SMILES string of the molecule is COCCNCc1cncn1CCc1ccsc1. The van der Waals surface area contributed by atoms with Gasteiger partial charge in [-0.1, -0.05) is 0 Å². The van der Waals surface area contributed by atoms with Crippen LogP contribution in [-0.2, 0) is 24.2 Å². The average molecular weight is 265 g/mol. The lowest BCUT2D eigenvalue weighted by atomic mass is 10.2. The lowest BCUT2D eigenvalue weighted by Crippen LogP contribution is -2.20. The first-order valence-corrected chi connectivity index (χ1v) is 7.04. The molecule has 0 aliphatic rings. The van der Waals surface area contributed by atoms with Crippen LogP contribution < -0.4 is 5.32 Å². The van der Waals surface area contributed by atoms with Crippen LogP contribution in [0.1, 0.15) is 11.3 Å². The smallest absolute Gasteiger partial charge is 0.0948 e. The molecule has 0 amide bonds. The van der Waals surface area contributed by atoms with Gasteiger partial charge in [0, 0.05) is 32.9 Å². The van der Waals surface area contributed by atoms with E-state index < -0.39 is 0 Å². The normalized spacial score (nSPS) is 10.9. The van der Waals surface area contributed by atoms with E-state index in [1.807, 2.05) is 12.5 Å². The highest BCUT2D eigenvalue weighted by Gasteiger charge is 2.02. The summed E-state index contributed by atoms with van der Waals surface area (Å²) in [6.45, 7) is 3.43. The largest absolute Gasteiger partial charge is 0.383 e. The van der Waals surface area contributed by atoms with Crippen LogP contribution >= 0.6 is 11.3 Å².